The molecule has 1 aliphatic heterocycles. The second kappa shape index (κ2) is 4.90. The zero-order chi connectivity index (χ0) is 9.68. The van der Waals surface area contributed by atoms with E-state index in [1.807, 2.05) is 0 Å². The lowest BCUT2D eigenvalue weighted by Crippen LogP contribution is -2.36. The molecule has 0 aromatic rings. The van der Waals surface area contributed by atoms with E-state index in [1.165, 1.54) is 0 Å². The maximum absolute atomic E-state index is 10.9. The SMILES string of the molecule is COCCONC1CC(=O)NC1=O. The number of methoxy groups -OCH3 is 1. The largest absolute Gasteiger partial charge is 0.382 e. The summed E-state index contributed by atoms with van der Waals surface area (Å²) in [4.78, 5) is 26.5. The van der Waals surface area contributed by atoms with Crippen LogP contribution < -0.4 is 10.8 Å². The maximum Gasteiger partial charge on any atom is 0.246 e. The number of hydrogen-bond donors (Lipinski definition) is 2. The standard InChI is InChI=1S/C7H12N2O4/c1-12-2-3-13-9-5-4-6(10)8-7(5)11/h5,9H,2-4H2,1H3,(H,8,10,11). The molecule has 1 rings (SSSR count). The van der Waals surface area contributed by atoms with Crippen LogP contribution in [0.25, 0.3) is 0 Å². The predicted molar refractivity (Wildman–Crippen MR) is 42.5 cm³/mol. The molecular formula is C7H12N2O4. The topological polar surface area (TPSA) is 76.7 Å². The zero-order valence-corrected chi connectivity index (χ0v) is 7.33. The Bertz CT molecular complexity index is 207. The first kappa shape index (κ1) is 10.1. The van der Waals surface area contributed by atoms with Crippen molar-refractivity contribution < 1.29 is 19.2 Å². The second-order valence-electron chi connectivity index (χ2n) is 2.63. The predicted octanol–water partition coefficient (Wildman–Crippen LogP) is -1.43. The molecule has 6 nitrogen and oxygen atoms in total. The minimum atomic E-state index is -0.565. The van der Waals surface area contributed by atoms with E-state index < -0.39 is 6.04 Å². The fourth-order valence-corrected chi connectivity index (χ4v) is 0.933. The van der Waals surface area contributed by atoms with E-state index in [9.17, 15) is 9.59 Å². The van der Waals surface area contributed by atoms with Gasteiger partial charge in [-0.3, -0.25) is 19.7 Å². The van der Waals surface area contributed by atoms with Crippen molar-refractivity contribution in [1.82, 2.24) is 10.8 Å². The number of imide groups is 1. The molecule has 13 heavy (non-hydrogen) atoms. The molecule has 1 fully saturated rings. The van der Waals surface area contributed by atoms with Gasteiger partial charge in [-0.1, -0.05) is 0 Å². The molecule has 0 saturated carbocycles. The van der Waals surface area contributed by atoms with Crippen LogP contribution in [0.3, 0.4) is 0 Å². The quantitative estimate of drug-likeness (QED) is 0.314. The van der Waals surface area contributed by atoms with Crippen LogP contribution in [-0.2, 0) is 19.2 Å². The summed E-state index contributed by atoms with van der Waals surface area (Å²) in [5.41, 5.74) is 2.48. The third-order valence-corrected chi connectivity index (χ3v) is 1.58. The first-order valence-corrected chi connectivity index (χ1v) is 3.94. The Balaban J connectivity index is 2.14. The molecule has 1 saturated heterocycles. The Kier molecular flexibility index (Phi) is 3.81. The molecule has 0 aromatic carbocycles. The fourth-order valence-electron chi connectivity index (χ4n) is 0.933. The van der Waals surface area contributed by atoms with Crippen LogP contribution in [0.4, 0.5) is 0 Å². The van der Waals surface area contributed by atoms with E-state index in [2.05, 4.69) is 10.8 Å². The number of rotatable bonds is 5. The Morgan fingerprint density at radius 2 is 2.31 bits per heavy atom. The normalized spacial score (nSPS) is 22.1. The highest BCUT2D eigenvalue weighted by atomic mass is 16.7. The number of hydroxylamine groups is 1. The van der Waals surface area contributed by atoms with Gasteiger partial charge in [0.15, 0.2) is 0 Å². The van der Waals surface area contributed by atoms with Crippen LogP contribution in [0.5, 0.6) is 0 Å². The summed E-state index contributed by atoms with van der Waals surface area (Å²) in [7, 11) is 1.55. The smallest absolute Gasteiger partial charge is 0.246 e. The van der Waals surface area contributed by atoms with Crippen LogP contribution >= 0.6 is 0 Å². The van der Waals surface area contributed by atoms with Gasteiger partial charge in [0, 0.05) is 7.11 Å². The van der Waals surface area contributed by atoms with E-state index in [0.29, 0.717) is 13.2 Å². The molecule has 2 N–H and O–H groups in total. The fraction of sp³-hybridized carbons (Fsp3) is 0.714. The van der Waals surface area contributed by atoms with E-state index in [-0.39, 0.29) is 18.2 Å². The van der Waals surface area contributed by atoms with Gasteiger partial charge in [0.1, 0.15) is 6.04 Å². The van der Waals surface area contributed by atoms with Gasteiger partial charge in [-0.05, 0) is 0 Å². The summed E-state index contributed by atoms with van der Waals surface area (Å²) in [5, 5.41) is 2.16. The number of carbonyl (C=O) groups is 2. The third kappa shape index (κ3) is 3.10. The molecule has 0 aliphatic carbocycles. The van der Waals surface area contributed by atoms with Gasteiger partial charge in [0.2, 0.25) is 11.8 Å². The van der Waals surface area contributed by atoms with Crippen molar-refractivity contribution in [3.05, 3.63) is 0 Å². The van der Waals surface area contributed by atoms with Crippen LogP contribution in [0, 0.1) is 0 Å². The molecule has 0 spiro atoms. The number of nitrogens with one attached hydrogen (secondary N) is 2. The molecule has 0 radical (unpaired) electrons. The molecule has 2 amide bonds. The highest BCUT2D eigenvalue weighted by Crippen LogP contribution is 2.00. The summed E-state index contributed by atoms with van der Waals surface area (Å²) in [6.45, 7) is 0.782. The molecule has 1 aliphatic rings. The van der Waals surface area contributed by atoms with Crippen LogP contribution in [0.2, 0.25) is 0 Å². The van der Waals surface area contributed by atoms with Crippen LogP contribution in [-0.4, -0.2) is 38.2 Å². The van der Waals surface area contributed by atoms with Gasteiger partial charge in [0.25, 0.3) is 0 Å². The first-order chi connectivity index (χ1) is 6.24. The van der Waals surface area contributed by atoms with Crippen molar-refractivity contribution in [3.8, 4) is 0 Å². The van der Waals surface area contributed by atoms with Gasteiger partial charge >= 0.3 is 0 Å². The van der Waals surface area contributed by atoms with Crippen molar-refractivity contribution >= 4 is 11.8 Å². The van der Waals surface area contributed by atoms with E-state index in [1.54, 1.807) is 7.11 Å². The molecule has 0 bridgehead atoms. The van der Waals surface area contributed by atoms with Crippen molar-refractivity contribution in [2.75, 3.05) is 20.3 Å². The van der Waals surface area contributed by atoms with Crippen molar-refractivity contribution in [2.24, 2.45) is 0 Å². The van der Waals surface area contributed by atoms with Crippen LogP contribution in [0.15, 0.2) is 0 Å². The summed E-state index contributed by atoms with van der Waals surface area (Å²) in [6, 6.07) is -0.565. The lowest BCUT2D eigenvalue weighted by atomic mass is 10.3. The molecule has 1 unspecified atom stereocenters. The number of ether oxygens (including phenoxy) is 1. The van der Waals surface area contributed by atoms with Gasteiger partial charge in [-0.2, -0.15) is 5.48 Å². The highest BCUT2D eigenvalue weighted by Gasteiger charge is 2.30. The average molecular weight is 188 g/mol. The Morgan fingerprint density at radius 3 is 2.85 bits per heavy atom. The zero-order valence-electron chi connectivity index (χ0n) is 7.33. The van der Waals surface area contributed by atoms with Gasteiger partial charge in [-0.15, -0.1) is 0 Å². The Labute approximate surface area is 75.5 Å². The van der Waals surface area contributed by atoms with E-state index in [4.69, 9.17) is 9.57 Å². The minimum Gasteiger partial charge on any atom is -0.382 e. The molecule has 74 valence electrons. The monoisotopic (exact) mass is 188 g/mol. The summed E-state index contributed by atoms with van der Waals surface area (Å²) in [6.07, 6.45) is 0.131. The molecule has 1 atom stereocenters. The molecule has 6 heteroatoms. The Morgan fingerprint density at radius 1 is 1.54 bits per heavy atom. The van der Waals surface area contributed by atoms with E-state index >= 15 is 0 Å². The summed E-state index contributed by atoms with van der Waals surface area (Å²) in [5.74, 6) is -0.625. The molecule has 1 heterocycles. The van der Waals surface area contributed by atoms with Gasteiger partial charge in [0.05, 0.1) is 19.6 Å². The molecular weight excluding hydrogens is 176 g/mol. The summed E-state index contributed by atoms with van der Waals surface area (Å²) >= 11 is 0. The van der Waals surface area contributed by atoms with Crippen molar-refractivity contribution in [2.45, 2.75) is 12.5 Å². The third-order valence-electron chi connectivity index (χ3n) is 1.58. The lowest BCUT2D eigenvalue weighted by molar-refractivity contribution is -0.126. The number of carbonyl (C=O) groups excluding carboxylic acids is 2. The molecule has 0 aromatic heterocycles. The van der Waals surface area contributed by atoms with Gasteiger partial charge in [-0.25, -0.2) is 0 Å². The van der Waals surface area contributed by atoms with E-state index in [0.717, 1.165) is 0 Å². The van der Waals surface area contributed by atoms with Crippen molar-refractivity contribution in [3.63, 3.8) is 0 Å². The Hall–Kier alpha value is -0.980. The lowest BCUT2D eigenvalue weighted by Gasteiger charge is -2.08. The second-order valence-corrected chi connectivity index (χ2v) is 2.63. The average Bonchev–Trinajstić information content (AvgIpc) is 2.39. The van der Waals surface area contributed by atoms with Crippen LogP contribution in [0.1, 0.15) is 6.42 Å². The van der Waals surface area contributed by atoms with Crippen molar-refractivity contribution in [1.29, 1.82) is 0 Å². The van der Waals surface area contributed by atoms with Gasteiger partial charge < -0.3 is 4.74 Å². The number of amides is 2. The first-order valence-electron chi connectivity index (χ1n) is 3.94. The highest BCUT2D eigenvalue weighted by molar-refractivity contribution is 6.05. The maximum atomic E-state index is 10.9. The number of hydrogen-bond acceptors (Lipinski definition) is 5. The minimum absolute atomic E-state index is 0.131. The summed E-state index contributed by atoms with van der Waals surface area (Å²) < 4.78 is 4.72.